The smallest absolute Gasteiger partial charge is 0.353 e. The highest BCUT2D eigenvalue weighted by Crippen LogP contribution is 2.35. The Balaban J connectivity index is 3.04. The van der Waals surface area contributed by atoms with Gasteiger partial charge in [0.25, 0.3) is 5.91 Å². The molecule has 1 atom stereocenters. The maximum atomic E-state index is 14.2. The monoisotopic (exact) mass is 301 g/mol. The minimum Gasteiger partial charge on any atom is -0.493 e. The summed E-state index contributed by atoms with van der Waals surface area (Å²) in [6, 6.07) is 3.91. The number of ether oxygens (including phenoxy) is 1. The summed E-state index contributed by atoms with van der Waals surface area (Å²) in [6.07, 6.45) is 0.00423. The van der Waals surface area contributed by atoms with Gasteiger partial charge in [0.2, 0.25) is 0 Å². The summed E-state index contributed by atoms with van der Waals surface area (Å²) >= 11 is 0. The summed E-state index contributed by atoms with van der Waals surface area (Å²) in [5.41, 5.74) is -0.593. The van der Waals surface area contributed by atoms with Crippen molar-refractivity contribution in [3.8, 4) is 5.75 Å². The first-order valence-electron chi connectivity index (χ1n) is 6.48. The lowest BCUT2D eigenvalue weighted by Crippen LogP contribution is -2.47. The number of carboxylic acids is 1. The van der Waals surface area contributed by atoms with Gasteiger partial charge in [0, 0.05) is 0 Å². The molecule has 1 aromatic rings. The molecule has 116 valence electrons. The molecule has 0 saturated carbocycles. The van der Waals surface area contributed by atoms with Crippen LogP contribution in [-0.4, -0.2) is 29.6 Å². The maximum Gasteiger partial charge on any atom is 0.353 e. The molecule has 0 radical (unpaired) electrons. The van der Waals surface area contributed by atoms with Crippen LogP contribution < -0.4 is 10.1 Å². The lowest BCUT2D eigenvalue weighted by Gasteiger charge is -2.21. The zero-order chi connectivity index (χ0) is 16.0. The molecule has 0 bridgehead atoms. The van der Waals surface area contributed by atoms with E-state index in [1.54, 1.807) is 6.92 Å². The van der Waals surface area contributed by atoms with Gasteiger partial charge in [-0.1, -0.05) is 19.1 Å². The number of hydrogen-bond acceptors (Lipinski definition) is 3. The van der Waals surface area contributed by atoms with Crippen LogP contribution in [-0.2, 0) is 15.5 Å². The standard InChI is InChI=1S/C14H17F2NO4/c1-3-10(12(18)19)17-13(20)14(15,16)9-7-5-6-8-11(9)21-4-2/h5-8,10H,3-4H2,1-2H3,(H,17,20)(H,18,19). The maximum absolute atomic E-state index is 14.2. The largest absolute Gasteiger partial charge is 0.493 e. The number of halogens is 2. The van der Waals surface area contributed by atoms with Crippen LogP contribution >= 0.6 is 0 Å². The van der Waals surface area contributed by atoms with Gasteiger partial charge in [0.1, 0.15) is 11.8 Å². The molecule has 0 spiro atoms. The molecule has 1 aromatic carbocycles. The third-order valence-electron chi connectivity index (χ3n) is 2.82. The third-order valence-corrected chi connectivity index (χ3v) is 2.82. The predicted molar refractivity (Wildman–Crippen MR) is 71.4 cm³/mol. The van der Waals surface area contributed by atoms with E-state index in [0.717, 1.165) is 6.07 Å². The SMILES string of the molecule is CCOc1ccccc1C(F)(F)C(=O)NC(CC)C(=O)O. The number of carbonyl (C=O) groups is 2. The number of para-hydroxylation sites is 1. The van der Waals surface area contributed by atoms with E-state index in [4.69, 9.17) is 9.84 Å². The molecule has 0 aliphatic rings. The Morgan fingerprint density at radius 3 is 2.48 bits per heavy atom. The van der Waals surface area contributed by atoms with Crippen molar-refractivity contribution >= 4 is 11.9 Å². The van der Waals surface area contributed by atoms with Crippen LogP contribution in [0.3, 0.4) is 0 Å². The molecule has 1 amide bonds. The van der Waals surface area contributed by atoms with Gasteiger partial charge in [-0.15, -0.1) is 0 Å². The average molecular weight is 301 g/mol. The normalized spacial score (nSPS) is 12.6. The number of rotatable bonds is 7. The van der Waals surface area contributed by atoms with Crippen molar-refractivity contribution in [2.24, 2.45) is 0 Å². The highest BCUT2D eigenvalue weighted by molar-refractivity contribution is 5.89. The van der Waals surface area contributed by atoms with E-state index in [2.05, 4.69) is 0 Å². The lowest BCUT2D eigenvalue weighted by atomic mass is 10.1. The van der Waals surface area contributed by atoms with E-state index in [-0.39, 0.29) is 18.8 Å². The Morgan fingerprint density at radius 1 is 1.33 bits per heavy atom. The molecular formula is C14H17F2NO4. The third kappa shape index (κ3) is 3.90. The van der Waals surface area contributed by atoms with Crippen LogP contribution in [0, 0.1) is 0 Å². The number of carboxylic acid groups (broad SMARTS) is 1. The molecule has 0 aliphatic heterocycles. The number of carbonyl (C=O) groups excluding carboxylic acids is 1. The Hall–Kier alpha value is -2.18. The van der Waals surface area contributed by atoms with Crippen molar-refractivity contribution in [1.82, 2.24) is 5.32 Å². The second-order valence-corrected chi connectivity index (χ2v) is 4.28. The average Bonchev–Trinajstić information content (AvgIpc) is 2.44. The molecule has 0 aromatic heterocycles. The quantitative estimate of drug-likeness (QED) is 0.809. The van der Waals surface area contributed by atoms with Crippen LogP contribution in [0.1, 0.15) is 25.8 Å². The molecule has 5 nitrogen and oxygen atoms in total. The summed E-state index contributed by atoms with van der Waals surface area (Å²) < 4.78 is 33.5. The van der Waals surface area contributed by atoms with E-state index in [1.165, 1.54) is 25.1 Å². The van der Waals surface area contributed by atoms with Gasteiger partial charge in [-0.2, -0.15) is 8.78 Å². The summed E-state index contributed by atoms with van der Waals surface area (Å²) in [5.74, 6) is -7.01. The molecule has 0 heterocycles. The number of alkyl halides is 2. The number of nitrogens with one attached hydrogen (secondary N) is 1. The molecule has 2 N–H and O–H groups in total. The fourth-order valence-corrected chi connectivity index (χ4v) is 1.72. The highest BCUT2D eigenvalue weighted by Gasteiger charge is 2.44. The van der Waals surface area contributed by atoms with Crippen molar-refractivity contribution in [2.45, 2.75) is 32.2 Å². The van der Waals surface area contributed by atoms with Crippen molar-refractivity contribution in [3.63, 3.8) is 0 Å². The molecule has 0 fully saturated rings. The fourth-order valence-electron chi connectivity index (χ4n) is 1.72. The fraction of sp³-hybridized carbons (Fsp3) is 0.429. The van der Waals surface area contributed by atoms with Crippen LogP contribution in [0.4, 0.5) is 8.78 Å². The first kappa shape index (κ1) is 16.9. The lowest BCUT2D eigenvalue weighted by molar-refractivity contribution is -0.152. The number of amides is 1. The molecule has 7 heteroatoms. The van der Waals surface area contributed by atoms with Crippen LogP contribution in [0.5, 0.6) is 5.75 Å². The van der Waals surface area contributed by atoms with E-state index >= 15 is 0 Å². The second-order valence-electron chi connectivity index (χ2n) is 4.28. The topological polar surface area (TPSA) is 75.6 Å². The molecule has 0 aliphatic carbocycles. The van der Waals surface area contributed by atoms with Crippen LogP contribution in [0.15, 0.2) is 24.3 Å². The van der Waals surface area contributed by atoms with Gasteiger partial charge in [0.05, 0.1) is 12.2 Å². The van der Waals surface area contributed by atoms with Gasteiger partial charge in [-0.3, -0.25) is 4.79 Å². The Morgan fingerprint density at radius 2 is 1.95 bits per heavy atom. The summed E-state index contributed by atoms with van der Waals surface area (Å²) in [4.78, 5) is 22.5. The zero-order valence-electron chi connectivity index (χ0n) is 11.7. The van der Waals surface area contributed by atoms with Crippen molar-refractivity contribution in [1.29, 1.82) is 0 Å². The van der Waals surface area contributed by atoms with Gasteiger partial charge in [0.15, 0.2) is 0 Å². The first-order chi connectivity index (χ1) is 9.84. The van der Waals surface area contributed by atoms with Crippen molar-refractivity contribution < 1.29 is 28.2 Å². The van der Waals surface area contributed by atoms with Crippen molar-refractivity contribution in [2.75, 3.05) is 6.61 Å². The number of hydrogen-bond donors (Lipinski definition) is 2. The summed E-state index contributed by atoms with van der Waals surface area (Å²) in [7, 11) is 0. The van der Waals surface area contributed by atoms with Gasteiger partial charge in [-0.25, -0.2) is 4.79 Å². The number of benzene rings is 1. The molecule has 0 saturated heterocycles. The van der Waals surface area contributed by atoms with Crippen LogP contribution in [0.2, 0.25) is 0 Å². The van der Waals surface area contributed by atoms with E-state index in [9.17, 15) is 18.4 Å². The van der Waals surface area contributed by atoms with Gasteiger partial charge >= 0.3 is 11.9 Å². The second kappa shape index (κ2) is 7.01. The molecule has 1 unspecified atom stereocenters. The number of aliphatic carboxylic acids is 1. The molecule has 21 heavy (non-hydrogen) atoms. The predicted octanol–water partition coefficient (Wildman–Crippen LogP) is 2.16. The zero-order valence-corrected chi connectivity index (χ0v) is 11.7. The Labute approximate surface area is 120 Å². The van der Waals surface area contributed by atoms with Gasteiger partial charge in [-0.05, 0) is 25.5 Å². The minimum absolute atomic E-state index is 0.00423. The molecule has 1 rings (SSSR count). The van der Waals surface area contributed by atoms with Gasteiger partial charge < -0.3 is 15.2 Å². The summed E-state index contributed by atoms with van der Waals surface area (Å²) in [6.45, 7) is 3.28. The summed E-state index contributed by atoms with van der Waals surface area (Å²) in [5, 5.41) is 10.6. The van der Waals surface area contributed by atoms with Crippen molar-refractivity contribution in [3.05, 3.63) is 29.8 Å². The van der Waals surface area contributed by atoms with E-state index in [1.807, 2.05) is 5.32 Å². The first-order valence-corrected chi connectivity index (χ1v) is 6.48. The molecular weight excluding hydrogens is 284 g/mol. The highest BCUT2D eigenvalue weighted by atomic mass is 19.3. The Kier molecular flexibility index (Phi) is 5.63. The van der Waals surface area contributed by atoms with Crippen LogP contribution in [0.25, 0.3) is 0 Å². The Bertz CT molecular complexity index is 519. The van der Waals surface area contributed by atoms with E-state index < -0.39 is 29.4 Å². The minimum atomic E-state index is -3.88. The van der Waals surface area contributed by atoms with E-state index in [0.29, 0.717) is 0 Å².